The topological polar surface area (TPSA) is 72.4 Å². The number of nitrogens with two attached hydrogens (primary N) is 1. The zero-order valence-corrected chi connectivity index (χ0v) is 10.8. The van der Waals surface area contributed by atoms with E-state index < -0.39 is 5.50 Å². The van der Waals surface area contributed by atoms with Crippen LogP contribution in [0.4, 0.5) is 5.13 Å². The van der Waals surface area contributed by atoms with E-state index in [-0.39, 0.29) is 5.91 Å². The van der Waals surface area contributed by atoms with Crippen LogP contribution >= 0.6 is 23.1 Å². The van der Waals surface area contributed by atoms with Crippen molar-refractivity contribution < 1.29 is 9.21 Å². The number of furan rings is 1. The standard InChI is InChI=1S/C11H9N3O2S2/c12-10-14(11-13-3-5-17-11)9(15)8(18-10)6-7-2-1-4-16-7/h1-6,10H,12H2/b8-6+. The first-order chi connectivity index (χ1) is 8.75. The van der Waals surface area contributed by atoms with E-state index in [9.17, 15) is 4.79 Å². The van der Waals surface area contributed by atoms with Crippen LogP contribution in [0.15, 0.2) is 39.3 Å². The van der Waals surface area contributed by atoms with Crippen molar-refractivity contribution in [3.63, 3.8) is 0 Å². The van der Waals surface area contributed by atoms with Gasteiger partial charge in [0.2, 0.25) is 0 Å². The number of amides is 1. The lowest BCUT2D eigenvalue weighted by Gasteiger charge is -2.15. The van der Waals surface area contributed by atoms with Crippen LogP contribution in [0.5, 0.6) is 0 Å². The molecule has 2 aromatic heterocycles. The van der Waals surface area contributed by atoms with Gasteiger partial charge in [0.15, 0.2) is 5.13 Å². The Kier molecular flexibility index (Phi) is 2.94. The van der Waals surface area contributed by atoms with Crippen molar-refractivity contribution in [3.8, 4) is 0 Å². The van der Waals surface area contributed by atoms with E-state index in [1.165, 1.54) is 28.0 Å². The van der Waals surface area contributed by atoms with Gasteiger partial charge in [-0.3, -0.25) is 9.69 Å². The minimum Gasteiger partial charge on any atom is -0.465 e. The molecular weight excluding hydrogens is 270 g/mol. The second-order valence-electron chi connectivity index (χ2n) is 3.52. The maximum Gasteiger partial charge on any atom is 0.268 e. The summed E-state index contributed by atoms with van der Waals surface area (Å²) >= 11 is 2.69. The minimum atomic E-state index is -0.440. The van der Waals surface area contributed by atoms with E-state index in [2.05, 4.69) is 4.98 Å². The van der Waals surface area contributed by atoms with Crippen LogP contribution in [-0.2, 0) is 4.79 Å². The number of hydrogen-bond acceptors (Lipinski definition) is 6. The van der Waals surface area contributed by atoms with Crippen molar-refractivity contribution in [2.45, 2.75) is 5.50 Å². The molecule has 0 bridgehead atoms. The van der Waals surface area contributed by atoms with Gasteiger partial charge in [-0.05, 0) is 12.1 Å². The molecule has 1 amide bonds. The molecule has 1 atom stereocenters. The number of anilines is 1. The third kappa shape index (κ3) is 1.96. The molecule has 5 nitrogen and oxygen atoms in total. The molecular formula is C11H9N3O2S2. The number of nitrogens with zero attached hydrogens (tertiary/aromatic N) is 2. The fraction of sp³-hybridized carbons (Fsp3) is 0.0909. The molecule has 0 spiro atoms. The Morgan fingerprint density at radius 1 is 1.56 bits per heavy atom. The number of thiazole rings is 1. The number of carbonyl (C=O) groups is 1. The van der Waals surface area contributed by atoms with Crippen molar-refractivity contribution in [2.24, 2.45) is 5.73 Å². The van der Waals surface area contributed by atoms with Gasteiger partial charge in [0.1, 0.15) is 11.3 Å². The first kappa shape index (κ1) is 11.5. The molecule has 1 aliphatic heterocycles. The van der Waals surface area contributed by atoms with E-state index >= 15 is 0 Å². The summed E-state index contributed by atoms with van der Waals surface area (Å²) in [5, 5.41) is 2.43. The number of carbonyl (C=O) groups excluding carboxylic acids is 1. The predicted octanol–water partition coefficient (Wildman–Crippen LogP) is 2.10. The molecule has 1 fully saturated rings. The largest absolute Gasteiger partial charge is 0.465 e. The molecule has 18 heavy (non-hydrogen) atoms. The summed E-state index contributed by atoms with van der Waals surface area (Å²) in [7, 11) is 0. The van der Waals surface area contributed by atoms with Crippen LogP contribution in [0.25, 0.3) is 6.08 Å². The Labute approximate surface area is 111 Å². The Hall–Kier alpha value is -1.57. The predicted molar refractivity (Wildman–Crippen MR) is 71.9 cm³/mol. The van der Waals surface area contributed by atoms with Gasteiger partial charge in [-0.2, -0.15) is 0 Å². The van der Waals surface area contributed by atoms with Crippen molar-refractivity contribution in [3.05, 3.63) is 40.6 Å². The quantitative estimate of drug-likeness (QED) is 0.852. The van der Waals surface area contributed by atoms with Gasteiger partial charge in [0.05, 0.1) is 11.2 Å². The summed E-state index contributed by atoms with van der Waals surface area (Å²) in [5.41, 5.74) is 5.50. The molecule has 0 aromatic carbocycles. The Morgan fingerprint density at radius 2 is 2.44 bits per heavy atom. The molecule has 2 aromatic rings. The molecule has 3 heterocycles. The summed E-state index contributed by atoms with van der Waals surface area (Å²) in [6.07, 6.45) is 4.91. The van der Waals surface area contributed by atoms with Crippen molar-refractivity contribution in [2.75, 3.05) is 4.90 Å². The molecule has 2 N–H and O–H groups in total. The van der Waals surface area contributed by atoms with E-state index in [1.807, 2.05) is 5.38 Å². The minimum absolute atomic E-state index is 0.140. The van der Waals surface area contributed by atoms with Gasteiger partial charge in [-0.25, -0.2) is 4.98 Å². The summed E-state index contributed by atoms with van der Waals surface area (Å²) in [4.78, 5) is 18.4. The lowest BCUT2D eigenvalue weighted by Crippen LogP contribution is -2.37. The van der Waals surface area contributed by atoms with Crippen LogP contribution in [-0.4, -0.2) is 16.4 Å². The molecule has 0 aliphatic carbocycles. The molecule has 0 radical (unpaired) electrons. The molecule has 1 aliphatic rings. The lowest BCUT2D eigenvalue weighted by atomic mass is 10.3. The SMILES string of the molecule is NC1S/C(=C/c2ccco2)C(=O)N1c1nccs1. The first-order valence-corrected chi connectivity index (χ1v) is 6.92. The smallest absolute Gasteiger partial charge is 0.268 e. The van der Waals surface area contributed by atoms with Crippen LogP contribution in [0.2, 0.25) is 0 Å². The summed E-state index contributed by atoms with van der Waals surface area (Å²) < 4.78 is 5.19. The van der Waals surface area contributed by atoms with Crippen LogP contribution in [0, 0.1) is 0 Å². The normalized spacial score (nSPS) is 22.1. The maximum atomic E-state index is 12.2. The maximum absolute atomic E-state index is 12.2. The van der Waals surface area contributed by atoms with E-state index in [4.69, 9.17) is 10.2 Å². The molecule has 0 saturated carbocycles. The van der Waals surface area contributed by atoms with Crippen molar-refractivity contribution >= 4 is 40.2 Å². The number of thioether (sulfide) groups is 1. The second kappa shape index (κ2) is 4.60. The van der Waals surface area contributed by atoms with Gasteiger partial charge in [-0.15, -0.1) is 11.3 Å². The van der Waals surface area contributed by atoms with E-state index in [0.29, 0.717) is 15.8 Å². The average molecular weight is 279 g/mol. The zero-order chi connectivity index (χ0) is 12.5. The number of rotatable bonds is 2. The van der Waals surface area contributed by atoms with Crippen LogP contribution in [0.1, 0.15) is 5.76 Å². The fourth-order valence-electron chi connectivity index (χ4n) is 1.60. The summed E-state index contributed by atoms with van der Waals surface area (Å²) in [6, 6.07) is 3.56. The number of hydrogen-bond donors (Lipinski definition) is 1. The average Bonchev–Trinajstić information content (AvgIpc) is 3.03. The second-order valence-corrected chi connectivity index (χ2v) is 5.55. The fourth-order valence-corrected chi connectivity index (χ4v) is 3.28. The highest BCUT2D eigenvalue weighted by molar-refractivity contribution is 8.05. The van der Waals surface area contributed by atoms with E-state index in [0.717, 1.165) is 0 Å². The highest BCUT2D eigenvalue weighted by Gasteiger charge is 2.36. The molecule has 1 saturated heterocycles. The Morgan fingerprint density at radius 3 is 3.11 bits per heavy atom. The molecule has 92 valence electrons. The number of aromatic nitrogens is 1. The Bertz CT molecular complexity index is 577. The van der Waals surface area contributed by atoms with Gasteiger partial charge < -0.3 is 10.2 Å². The third-order valence-electron chi connectivity index (χ3n) is 2.37. The third-order valence-corrected chi connectivity index (χ3v) is 4.14. The molecule has 3 rings (SSSR count). The monoisotopic (exact) mass is 279 g/mol. The summed E-state index contributed by atoms with van der Waals surface area (Å²) in [6.45, 7) is 0. The van der Waals surface area contributed by atoms with Crippen LogP contribution in [0.3, 0.4) is 0 Å². The highest BCUT2D eigenvalue weighted by Crippen LogP contribution is 2.37. The van der Waals surface area contributed by atoms with Gasteiger partial charge in [0.25, 0.3) is 5.91 Å². The van der Waals surface area contributed by atoms with Gasteiger partial charge in [-0.1, -0.05) is 11.8 Å². The van der Waals surface area contributed by atoms with Gasteiger partial charge >= 0.3 is 0 Å². The van der Waals surface area contributed by atoms with Crippen LogP contribution < -0.4 is 10.6 Å². The first-order valence-electron chi connectivity index (χ1n) is 5.16. The summed E-state index contributed by atoms with van der Waals surface area (Å²) in [5.74, 6) is 0.498. The Balaban J connectivity index is 1.91. The highest BCUT2D eigenvalue weighted by atomic mass is 32.2. The molecule has 7 heteroatoms. The molecule has 1 unspecified atom stereocenters. The van der Waals surface area contributed by atoms with E-state index in [1.54, 1.807) is 30.7 Å². The van der Waals surface area contributed by atoms with Crippen molar-refractivity contribution in [1.29, 1.82) is 0 Å². The van der Waals surface area contributed by atoms with Crippen molar-refractivity contribution in [1.82, 2.24) is 4.98 Å². The lowest BCUT2D eigenvalue weighted by molar-refractivity contribution is -0.114. The van der Waals surface area contributed by atoms with Gasteiger partial charge in [0, 0.05) is 17.7 Å². The zero-order valence-electron chi connectivity index (χ0n) is 9.15.